The maximum atomic E-state index is 10.2. The Morgan fingerprint density at radius 3 is 2.42 bits per heavy atom. The van der Waals surface area contributed by atoms with E-state index in [4.69, 9.17) is 21.1 Å². The maximum absolute atomic E-state index is 10.2. The van der Waals surface area contributed by atoms with Gasteiger partial charge >= 0.3 is 0 Å². The molecule has 0 aromatic heterocycles. The molecular formula is C19H24ClNO3. The fourth-order valence-corrected chi connectivity index (χ4v) is 2.74. The second-order valence-corrected chi connectivity index (χ2v) is 6.18. The highest BCUT2D eigenvalue weighted by Crippen LogP contribution is 2.30. The summed E-state index contributed by atoms with van der Waals surface area (Å²) in [5.41, 5.74) is 1.96. The third-order valence-electron chi connectivity index (χ3n) is 4.00. The first kappa shape index (κ1) is 18.6. The van der Waals surface area contributed by atoms with Crippen LogP contribution in [0.5, 0.6) is 11.5 Å². The monoisotopic (exact) mass is 349 g/mol. The van der Waals surface area contributed by atoms with Gasteiger partial charge in [-0.05, 0) is 41.3 Å². The molecule has 4 nitrogen and oxygen atoms in total. The minimum Gasteiger partial charge on any atom is -0.493 e. The zero-order valence-electron chi connectivity index (χ0n) is 14.3. The molecule has 2 aromatic carbocycles. The highest BCUT2D eigenvalue weighted by atomic mass is 35.5. The van der Waals surface area contributed by atoms with Gasteiger partial charge in [0.2, 0.25) is 0 Å². The van der Waals surface area contributed by atoms with Gasteiger partial charge in [0.15, 0.2) is 11.5 Å². The predicted octanol–water partition coefficient (Wildman–Crippen LogP) is 3.78. The van der Waals surface area contributed by atoms with Crippen LogP contribution in [0.15, 0.2) is 42.5 Å². The Morgan fingerprint density at radius 1 is 1.00 bits per heavy atom. The van der Waals surface area contributed by atoms with Gasteiger partial charge in [0.1, 0.15) is 0 Å². The summed E-state index contributed by atoms with van der Waals surface area (Å²) >= 11 is 5.95. The number of hydrogen-bond acceptors (Lipinski definition) is 4. The molecule has 2 aromatic rings. The van der Waals surface area contributed by atoms with Crippen LogP contribution < -0.4 is 14.8 Å². The number of nitrogens with one attached hydrogen (secondary N) is 1. The van der Waals surface area contributed by atoms with Gasteiger partial charge in [0.05, 0.1) is 20.3 Å². The summed E-state index contributed by atoms with van der Waals surface area (Å²) in [6, 6.07) is 13.2. The summed E-state index contributed by atoms with van der Waals surface area (Å²) in [5, 5.41) is 14.2. The first-order valence-corrected chi connectivity index (χ1v) is 8.29. The van der Waals surface area contributed by atoms with E-state index < -0.39 is 6.10 Å². The van der Waals surface area contributed by atoms with Crippen LogP contribution in [0.4, 0.5) is 0 Å². The van der Waals surface area contributed by atoms with E-state index in [0.717, 1.165) is 29.2 Å². The molecule has 0 radical (unpaired) electrons. The summed E-state index contributed by atoms with van der Waals surface area (Å²) in [7, 11) is 3.26. The van der Waals surface area contributed by atoms with Gasteiger partial charge in [0.25, 0.3) is 0 Å². The molecule has 0 saturated heterocycles. The van der Waals surface area contributed by atoms with Crippen molar-refractivity contribution in [2.24, 2.45) is 0 Å². The lowest BCUT2D eigenvalue weighted by Gasteiger charge is -2.17. The van der Waals surface area contributed by atoms with Crippen molar-refractivity contribution in [2.75, 3.05) is 27.3 Å². The van der Waals surface area contributed by atoms with E-state index in [-0.39, 0.29) is 5.92 Å². The van der Waals surface area contributed by atoms with Gasteiger partial charge in [-0.3, -0.25) is 0 Å². The number of ether oxygens (including phenoxy) is 2. The quantitative estimate of drug-likeness (QED) is 0.761. The average molecular weight is 350 g/mol. The number of aliphatic hydroxyl groups is 1. The second kappa shape index (κ2) is 8.92. The van der Waals surface area contributed by atoms with Gasteiger partial charge in [-0.2, -0.15) is 0 Å². The Hall–Kier alpha value is -1.75. The highest BCUT2D eigenvalue weighted by Gasteiger charge is 2.12. The SMILES string of the molecule is COc1ccc(C(C)CNCC(O)c2cccc(Cl)c2)cc1OC. The zero-order chi connectivity index (χ0) is 17.5. The van der Waals surface area contributed by atoms with E-state index in [0.29, 0.717) is 11.6 Å². The van der Waals surface area contributed by atoms with Crippen LogP contribution in [0.2, 0.25) is 5.02 Å². The molecule has 130 valence electrons. The maximum Gasteiger partial charge on any atom is 0.160 e. The van der Waals surface area contributed by atoms with E-state index >= 15 is 0 Å². The molecule has 0 aliphatic carbocycles. The molecule has 0 aliphatic rings. The number of methoxy groups -OCH3 is 2. The van der Waals surface area contributed by atoms with Gasteiger partial charge in [-0.25, -0.2) is 0 Å². The molecule has 24 heavy (non-hydrogen) atoms. The molecule has 2 rings (SSSR count). The summed E-state index contributed by atoms with van der Waals surface area (Å²) in [6.45, 7) is 3.34. The molecule has 0 saturated carbocycles. The van der Waals surface area contributed by atoms with Crippen LogP contribution in [0.25, 0.3) is 0 Å². The van der Waals surface area contributed by atoms with Crippen LogP contribution in [-0.2, 0) is 0 Å². The summed E-state index contributed by atoms with van der Waals surface area (Å²) < 4.78 is 10.6. The van der Waals surface area contributed by atoms with Crippen molar-refractivity contribution in [3.63, 3.8) is 0 Å². The number of rotatable bonds is 8. The van der Waals surface area contributed by atoms with E-state index in [1.807, 2.05) is 30.3 Å². The Kier molecular flexibility index (Phi) is 6.91. The van der Waals surface area contributed by atoms with E-state index in [1.54, 1.807) is 26.4 Å². The molecule has 2 unspecified atom stereocenters. The first-order chi connectivity index (χ1) is 11.5. The zero-order valence-corrected chi connectivity index (χ0v) is 15.0. The van der Waals surface area contributed by atoms with Gasteiger partial charge in [-0.15, -0.1) is 0 Å². The molecule has 0 fully saturated rings. The lowest BCUT2D eigenvalue weighted by Crippen LogP contribution is -2.25. The molecule has 2 N–H and O–H groups in total. The third kappa shape index (κ3) is 4.87. The van der Waals surface area contributed by atoms with E-state index in [1.165, 1.54) is 0 Å². The highest BCUT2D eigenvalue weighted by molar-refractivity contribution is 6.30. The van der Waals surface area contributed by atoms with Gasteiger partial charge in [0, 0.05) is 18.1 Å². The van der Waals surface area contributed by atoms with Gasteiger partial charge < -0.3 is 19.9 Å². The van der Waals surface area contributed by atoms with Crippen LogP contribution in [0.1, 0.15) is 30.1 Å². The van der Waals surface area contributed by atoms with Crippen LogP contribution >= 0.6 is 11.6 Å². The van der Waals surface area contributed by atoms with Crippen molar-refractivity contribution >= 4 is 11.6 Å². The number of benzene rings is 2. The second-order valence-electron chi connectivity index (χ2n) is 5.74. The summed E-state index contributed by atoms with van der Waals surface area (Å²) in [4.78, 5) is 0. The smallest absolute Gasteiger partial charge is 0.160 e. The molecule has 5 heteroatoms. The first-order valence-electron chi connectivity index (χ1n) is 7.91. The third-order valence-corrected chi connectivity index (χ3v) is 4.23. The molecule has 0 aliphatic heterocycles. The molecule has 0 amide bonds. The van der Waals surface area contributed by atoms with E-state index in [2.05, 4.69) is 12.2 Å². The predicted molar refractivity (Wildman–Crippen MR) is 97.2 cm³/mol. The minimum atomic E-state index is -0.582. The van der Waals surface area contributed by atoms with Crippen LogP contribution in [0, 0.1) is 0 Å². The normalized spacial score (nSPS) is 13.4. The number of hydrogen-bond donors (Lipinski definition) is 2. The number of aliphatic hydroxyl groups excluding tert-OH is 1. The Labute approximate surface area is 148 Å². The molecular weight excluding hydrogens is 326 g/mol. The Bertz CT molecular complexity index is 663. The fraction of sp³-hybridized carbons (Fsp3) is 0.368. The summed E-state index contributed by atoms with van der Waals surface area (Å²) in [6.07, 6.45) is -0.582. The van der Waals surface area contributed by atoms with Crippen LogP contribution in [0.3, 0.4) is 0 Å². The number of halogens is 1. The standard InChI is InChI=1S/C19H24ClNO3/c1-13(14-7-8-18(23-2)19(10-14)24-3)11-21-12-17(22)15-5-4-6-16(20)9-15/h4-10,13,17,21-22H,11-12H2,1-3H3. The summed E-state index contributed by atoms with van der Waals surface area (Å²) in [5.74, 6) is 1.72. The molecule has 0 heterocycles. The lowest BCUT2D eigenvalue weighted by atomic mass is 10.0. The topological polar surface area (TPSA) is 50.7 Å². The van der Waals surface area contributed by atoms with Crippen molar-refractivity contribution in [3.8, 4) is 11.5 Å². The fourth-order valence-electron chi connectivity index (χ4n) is 2.55. The molecule has 0 spiro atoms. The van der Waals surface area contributed by atoms with Crippen molar-refractivity contribution in [2.45, 2.75) is 18.9 Å². The van der Waals surface area contributed by atoms with Crippen molar-refractivity contribution in [1.82, 2.24) is 5.32 Å². The average Bonchev–Trinajstić information content (AvgIpc) is 2.60. The van der Waals surface area contributed by atoms with Gasteiger partial charge in [-0.1, -0.05) is 36.7 Å². The van der Waals surface area contributed by atoms with Crippen molar-refractivity contribution < 1.29 is 14.6 Å². The Morgan fingerprint density at radius 2 is 1.75 bits per heavy atom. The lowest BCUT2D eigenvalue weighted by molar-refractivity contribution is 0.174. The minimum absolute atomic E-state index is 0.274. The van der Waals surface area contributed by atoms with E-state index in [9.17, 15) is 5.11 Å². The van der Waals surface area contributed by atoms with Crippen LogP contribution in [-0.4, -0.2) is 32.4 Å². The van der Waals surface area contributed by atoms with Crippen molar-refractivity contribution in [3.05, 3.63) is 58.6 Å². The molecule has 0 bridgehead atoms. The Balaban J connectivity index is 1.90. The molecule has 2 atom stereocenters. The van der Waals surface area contributed by atoms with Crippen molar-refractivity contribution in [1.29, 1.82) is 0 Å². The largest absolute Gasteiger partial charge is 0.493 e.